The van der Waals surface area contributed by atoms with Gasteiger partial charge in [0.2, 0.25) is 5.91 Å². The molecule has 23 heavy (non-hydrogen) atoms. The number of nitrogens with one attached hydrogen (secondary N) is 1. The maximum absolute atomic E-state index is 12.2. The van der Waals surface area contributed by atoms with Crippen molar-refractivity contribution in [1.29, 1.82) is 0 Å². The van der Waals surface area contributed by atoms with Crippen molar-refractivity contribution in [2.24, 2.45) is 5.92 Å². The lowest BCUT2D eigenvalue weighted by Crippen LogP contribution is -2.52. The van der Waals surface area contributed by atoms with E-state index in [1.54, 1.807) is 29.7 Å². The van der Waals surface area contributed by atoms with E-state index >= 15 is 0 Å². The van der Waals surface area contributed by atoms with Gasteiger partial charge in [-0.15, -0.1) is 0 Å². The number of aromatic nitrogens is 2. The third-order valence-electron chi connectivity index (χ3n) is 3.80. The smallest absolute Gasteiger partial charge is 0.231 e. The summed E-state index contributed by atoms with van der Waals surface area (Å²) in [5.74, 6) is -0.0239. The molecule has 0 spiro atoms. The van der Waals surface area contributed by atoms with Crippen molar-refractivity contribution in [3.8, 4) is 0 Å². The number of nitrogens with zero attached hydrogens (tertiary/aromatic N) is 3. The molecule has 0 unspecified atom stereocenters. The van der Waals surface area contributed by atoms with Crippen LogP contribution in [0, 0.1) is 5.92 Å². The third-order valence-corrected chi connectivity index (χ3v) is 5.12. The van der Waals surface area contributed by atoms with Crippen LogP contribution in [-0.2, 0) is 4.79 Å². The quantitative estimate of drug-likeness (QED) is 0.740. The number of benzene rings is 1. The van der Waals surface area contributed by atoms with Crippen molar-refractivity contribution in [1.82, 2.24) is 9.97 Å². The number of fused-ring (bicyclic) bond motifs is 1. The van der Waals surface area contributed by atoms with Crippen LogP contribution in [0.2, 0.25) is 5.15 Å². The van der Waals surface area contributed by atoms with Crippen LogP contribution in [0.3, 0.4) is 0 Å². The van der Waals surface area contributed by atoms with E-state index in [0.29, 0.717) is 23.9 Å². The summed E-state index contributed by atoms with van der Waals surface area (Å²) in [5.41, 5.74) is 1.67. The standard InChI is InChI=1S/C16H13ClN4OS/c17-14-6-5-11(7-18-14)19-15(22)10-8-21(9-10)16-20-12-3-1-2-4-13(12)23-16/h1-7,10H,8-9H2,(H,19,22). The molecule has 1 amide bonds. The molecule has 0 saturated carbocycles. The average Bonchev–Trinajstić information content (AvgIpc) is 2.91. The number of amides is 1. The first kappa shape index (κ1) is 14.4. The Labute approximate surface area is 141 Å². The van der Waals surface area contributed by atoms with Crippen molar-refractivity contribution in [2.75, 3.05) is 23.3 Å². The van der Waals surface area contributed by atoms with Gasteiger partial charge in [-0.25, -0.2) is 9.97 Å². The first-order valence-electron chi connectivity index (χ1n) is 7.22. The molecule has 5 nitrogen and oxygen atoms in total. The number of anilines is 2. The zero-order chi connectivity index (χ0) is 15.8. The molecule has 7 heteroatoms. The van der Waals surface area contributed by atoms with Crippen molar-refractivity contribution in [3.05, 3.63) is 47.7 Å². The Balaban J connectivity index is 1.38. The molecule has 4 rings (SSSR count). The molecule has 3 heterocycles. The monoisotopic (exact) mass is 344 g/mol. The molecule has 1 fully saturated rings. The second-order valence-electron chi connectivity index (χ2n) is 5.42. The van der Waals surface area contributed by atoms with E-state index in [2.05, 4.69) is 26.3 Å². The van der Waals surface area contributed by atoms with E-state index in [0.717, 1.165) is 10.6 Å². The van der Waals surface area contributed by atoms with Crippen LogP contribution >= 0.6 is 22.9 Å². The molecule has 1 aromatic carbocycles. The Morgan fingerprint density at radius 3 is 2.83 bits per heavy atom. The number of hydrogen-bond acceptors (Lipinski definition) is 5. The highest BCUT2D eigenvalue weighted by atomic mass is 35.5. The maximum atomic E-state index is 12.2. The summed E-state index contributed by atoms with van der Waals surface area (Å²) >= 11 is 7.39. The number of halogens is 1. The number of thiazole rings is 1. The number of rotatable bonds is 3. The van der Waals surface area contributed by atoms with E-state index in [-0.39, 0.29) is 11.8 Å². The largest absolute Gasteiger partial charge is 0.346 e. The highest BCUT2D eigenvalue weighted by Crippen LogP contribution is 2.33. The van der Waals surface area contributed by atoms with Gasteiger partial charge in [0, 0.05) is 13.1 Å². The van der Waals surface area contributed by atoms with Gasteiger partial charge in [-0.1, -0.05) is 35.1 Å². The van der Waals surface area contributed by atoms with E-state index in [1.807, 2.05) is 18.2 Å². The zero-order valence-electron chi connectivity index (χ0n) is 12.1. The highest BCUT2D eigenvalue weighted by Gasteiger charge is 2.34. The minimum absolute atomic E-state index is 0.00600. The number of hydrogen-bond donors (Lipinski definition) is 1. The highest BCUT2D eigenvalue weighted by molar-refractivity contribution is 7.22. The lowest BCUT2D eigenvalue weighted by atomic mass is 10.00. The summed E-state index contributed by atoms with van der Waals surface area (Å²) < 4.78 is 1.17. The van der Waals surface area contributed by atoms with Gasteiger partial charge in [-0.05, 0) is 24.3 Å². The van der Waals surface area contributed by atoms with Crippen molar-refractivity contribution in [3.63, 3.8) is 0 Å². The minimum Gasteiger partial charge on any atom is -0.346 e. The van der Waals surface area contributed by atoms with Crippen LogP contribution in [0.4, 0.5) is 10.8 Å². The van der Waals surface area contributed by atoms with Crippen molar-refractivity contribution in [2.45, 2.75) is 0 Å². The van der Waals surface area contributed by atoms with Gasteiger partial charge in [0.15, 0.2) is 5.13 Å². The average molecular weight is 345 g/mol. The summed E-state index contributed by atoms with van der Waals surface area (Å²) in [5, 5.41) is 4.25. The Hall–Kier alpha value is -2.18. The molecule has 0 radical (unpaired) electrons. The molecule has 3 aromatic rings. The molecular formula is C16H13ClN4OS. The van der Waals surface area contributed by atoms with E-state index in [9.17, 15) is 4.79 Å². The number of pyridine rings is 1. The SMILES string of the molecule is O=C(Nc1ccc(Cl)nc1)C1CN(c2nc3ccccc3s2)C1. The maximum Gasteiger partial charge on any atom is 0.231 e. The van der Waals surface area contributed by atoms with Crippen LogP contribution in [0.25, 0.3) is 10.2 Å². The summed E-state index contributed by atoms with van der Waals surface area (Å²) in [4.78, 5) is 22.9. The number of carbonyl (C=O) groups excluding carboxylic acids is 1. The van der Waals surface area contributed by atoms with Crippen molar-refractivity contribution < 1.29 is 4.79 Å². The second kappa shape index (κ2) is 5.79. The lowest BCUT2D eigenvalue weighted by Gasteiger charge is -2.37. The molecule has 1 aliphatic rings. The van der Waals surface area contributed by atoms with E-state index in [1.165, 1.54) is 4.70 Å². The fourth-order valence-electron chi connectivity index (χ4n) is 2.49. The predicted molar refractivity (Wildman–Crippen MR) is 93.2 cm³/mol. The fraction of sp³-hybridized carbons (Fsp3) is 0.188. The predicted octanol–water partition coefficient (Wildman–Crippen LogP) is 3.42. The second-order valence-corrected chi connectivity index (χ2v) is 6.82. The van der Waals surface area contributed by atoms with Gasteiger partial charge in [-0.2, -0.15) is 0 Å². The van der Waals surface area contributed by atoms with Gasteiger partial charge in [0.1, 0.15) is 5.15 Å². The molecule has 0 aliphatic carbocycles. The van der Waals surface area contributed by atoms with E-state index < -0.39 is 0 Å². The first-order chi connectivity index (χ1) is 11.2. The Morgan fingerprint density at radius 1 is 1.26 bits per heavy atom. The minimum atomic E-state index is -0.0299. The van der Waals surface area contributed by atoms with Gasteiger partial charge in [0.25, 0.3) is 0 Å². The number of para-hydroxylation sites is 1. The fourth-order valence-corrected chi connectivity index (χ4v) is 3.59. The molecule has 1 aliphatic heterocycles. The molecule has 0 atom stereocenters. The Kier molecular flexibility index (Phi) is 3.63. The molecular weight excluding hydrogens is 332 g/mol. The van der Waals surface area contributed by atoms with Gasteiger partial charge < -0.3 is 10.2 Å². The summed E-state index contributed by atoms with van der Waals surface area (Å²) in [6, 6.07) is 11.5. The normalized spacial score (nSPS) is 14.7. The molecule has 116 valence electrons. The molecule has 2 aromatic heterocycles. The van der Waals surface area contributed by atoms with Gasteiger partial charge in [0.05, 0.1) is 28.0 Å². The van der Waals surface area contributed by atoms with Crippen LogP contribution < -0.4 is 10.2 Å². The summed E-state index contributed by atoms with van der Waals surface area (Å²) in [6.45, 7) is 1.37. The number of carbonyl (C=O) groups is 1. The van der Waals surface area contributed by atoms with Crippen molar-refractivity contribution >= 4 is 49.9 Å². The third kappa shape index (κ3) is 2.87. The Morgan fingerprint density at radius 2 is 2.09 bits per heavy atom. The van der Waals surface area contributed by atoms with Crippen LogP contribution in [0.1, 0.15) is 0 Å². The van der Waals surface area contributed by atoms with Gasteiger partial charge >= 0.3 is 0 Å². The topological polar surface area (TPSA) is 58.1 Å². The Bertz CT molecular complexity index is 825. The summed E-state index contributed by atoms with van der Waals surface area (Å²) in [6.07, 6.45) is 1.56. The first-order valence-corrected chi connectivity index (χ1v) is 8.41. The van der Waals surface area contributed by atoms with Crippen LogP contribution in [0.15, 0.2) is 42.6 Å². The summed E-state index contributed by atoms with van der Waals surface area (Å²) in [7, 11) is 0. The van der Waals surface area contributed by atoms with Crippen LogP contribution in [0.5, 0.6) is 0 Å². The lowest BCUT2D eigenvalue weighted by molar-refractivity contribution is -0.120. The van der Waals surface area contributed by atoms with Gasteiger partial charge in [-0.3, -0.25) is 4.79 Å². The molecule has 1 N–H and O–H groups in total. The van der Waals surface area contributed by atoms with E-state index in [4.69, 9.17) is 11.6 Å². The molecule has 1 saturated heterocycles. The zero-order valence-corrected chi connectivity index (χ0v) is 13.6. The molecule has 0 bridgehead atoms. The van der Waals surface area contributed by atoms with Crippen LogP contribution in [-0.4, -0.2) is 29.0 Å².